The molecule has 3 nitrogen and oxygen atoms in total. The number of hydrogen-bond acceptors (Lipinski definition) is 3. The van der Waals surface area contributed by atoms with E-state index in [0.29, 0.717) is 17.9 Å². The smallest absolute Gasteiger partial charge is 0.123 e. The lowest BCUT2D eigenvalue weighted by Crippen LogP contribution is -2.29. The van der Waals surface area contributed by atoms with E-state index in [1.54, 1.807) is 13.2 Å². The van der Waals surface area contributed by atoms with Gasteiger partial charge in [-0.1, -0.05) is 18.2 Å². The number of benzene rings is 2. The van der Waals surface area contributed by atoms with Crippen LogP contribution in [0.5, 0.6) is 5.75 Å². The minimum absolute atomic E-state index is 0. The van der Waals surface area contributed by atoms with E-state index in [1.807, 2.05) is 6.07 Å². The number of halogens is 3. The molecule has 2 aliphatic rings. The Morgan fingerprint density at radius 3 is 2.48 bits per heavy atom. The van der Waals surface area contributed by atoms with E-state index in [2.05, 4.69) is 48.9 Å². The third kappa shape index (κ3) is 4.56. The average Bonchev–Trinajstić information content (AvgIpc) is 3.14. The highest BCUT2D eigenvalue weighted by atomic mass is 35.5. The van der Waals surface area contributed by atoms with Crippen LogP contribution in [0.1, 0.15) is 28.3 Å². The van der Waals surface area contributed by atoms with Gasteiger partial charge in [0, 0.05) is 32.2 Å². The summed E-state index contributed by atoms with van der Waals surface area (Å²) in [5.74, 6) is 2.05. The maximum atomic E-state index is 13.8. The van der Waals surface area contributed by atoms with Crippen molar-refractivity contribution in [1.29, 1.82) is 0 Å². The highest BCUT2D eigenvalue weighted by Crippen LogP contribution is 2.44. The van der Waals surface area contributed by atoms with Crippen molar-refractivity contribution >= 4 is 24.8 Å². The minimum atomic E-state index is -0.136. The number of hydrogen-bond donors (Lipinski definition) is 0. The molecule has 2 aliphatic heterocycles. The maximum Gasteiger partial charge on any atom is 0.123 e. The zero-order valence-electron chi connectivity index (χ0n) is 17.5. The molecule has 0 aliphatic carbocycles. The molecular formula is C23H31Cl2FN2O. The zero-order valence-corrected chi connectivity index (χ0v) is 19.2. The molecule has 29 heavy (non-hydrogen) atoms. The van der Waals surface area contributed by atoms with Crippen LogP contribution in [0.4, 0.5) is 4.39 Å². The molecule has 3 atom stereocenters. The van der Waals surface area contributed by atoms with Crippen LogP contribution < -0.4 is 4.74 Å². The standard InChI is InChI=1S/C23H29FN2O.2ClH/c1-15-16(2)22(27-4)9-8-18(15)12-26-13-19-11-25(3)23(21(19)14-26)17-6-5-7-20(24)10-17;;/h5-10,19,21,23H,11-14H2,1-4H3;2*1H/t19-,21+,23-;;/m0../s1. The Kier molecular flexibility index (Phi) is 7.97. The first-order chi connectivity index (χ1) is 13.0. The number of ether oxygens (including phenoxy) is 1. The van der Waals surface area contributed by atoms with Crippen molar-refractivity contribution in [3.8, 4) is 5.75 Å². The number of methoxy groups -OCH3 is 1. The second-order valence-corrected chi connectivity index (χ2v) is 8.23. The fourth-order valence-corrected chi connectivity index (χ4v) is 5.16. The lowest BCUT2D eigenvalue weighted by molar-refractivity contribution is 0.224. The Labute approximate surface area is 186 Å². The highest BCUT2D eigenvalue weighted by Gasteiger charge is 2.46. The number of likely N-dealkylation sites (tertiary alicyclic amines) is 2. The molecular weight excluding hydrogens is 410 g/mol. The summed E-state index contributed by atoms with van der Waals surface area (Å²) in [4.78, 5) is 4.98. The van der Waals surface area contributed by atoms with E-state index >= 15 is 0 Å². The van der Waals surface area contributed by atoms with E-state index in [1.165, 1.54) is 22.8 Å². The molecule has 160 valence electrons. The summed E-state index contributed by atoms with van der Waals surface area (Å²) in [7, 11) is 3.90. The fourth-order valence-electron chi connectivity index (χ4n) is 5.16. The summed E-state index contributed by atoms with van der Waals surface area (Å²) in [5.41, 5.74) is 5.05. The van der Waals surface area contributed by atoms with Gasteiger partial charge in [-0.15, -0.1) is 24.8 Å². The van der Waals surface area contributed by atoms with Crippen molar-refractivity contribution in [3.63, 3.8) is 0 Å². The van der Waals surface area contributed by atoms with E-state index in [4.69, 9.17) is 4.74 Å². The van der Waals surface area contributed by atoms with Gasteiger partial charge < -0.3 is 4.74 Å². The van der Waals surface area contributed by atoms with Crippen LogP contribution in [0, 0.1) is 31.5 Å². The van der Waals surface area contributed by atoms with Crippen LogP contribution in [0.15, 0.2) is 36.4 Å². The van der Waals surface area contributed by atoms with E-state index in [9.17, 15) is 4.39 Å². The molecule has 0 saturated carbocycles. The van der Waals surface area contributed by atoms with Crippen molar-refractivity contribution in [3.05, 3.63) is 64.5 Å². The van der Waals surface area contributed by atoms with Crippen LogP contribution in [-0.2, 0) is 6.54 Å². The van der Waals surface area contributed by atoms with Crippen molar-refractivity contribution in [2.75, 3.05) is 33.8 Å². The first-order valence-corrected chi connectivity index (χ1v) is 9.79. The summed E-state index contributed by atoms with van der Waals surface area (Å²) in [6, 6.07) is 11.8. The molecule has 0 bridgehead atoms. The first-order valence-electron chi connectivity index (χ1n) is 9.79. The summed E-state index contributed by atoms with van der Waals surface area (Å²) in [5, 5.41) is 0. The predicted octanol–water partition coefficient (Wildman–Crippen LogP) is 5.03. The Bertz CT molecular complexity index is 848. The van der Waals surface area contributed by atoms with Gasteiger partial charge >= 0.3 is 0 Å². The van der Waals surface area contributed by atoms with E-state index in [0.717, 1.165) is 37.5 Å². The van der Waals surface area contributed by atoms with Gasteiger partial charge in [0.1, 0.15) is 11.6 Å². The second kappa shape index (κ2) is 9.65. The fraction of sp³-hybridized carbons (Fsp3) is 0.478. The van der Waals surface area contributed by atoms with Crippen LogP contribution in [0.25, 0.3) is 0 Å². The topological polar surface area (TPSA) is 15.7 Å². The van der Waals surface area contributed by atoms with Crippen LogP contribution >= 0.6 is 24.8 Å². The lowest BCUT2D eigenvalue weighted by Gasteiger charge is -2.27. The maximum absolute atomic E-state index is 13.8. The van der Waals surface area contributed by atoms with E-state index < -0.39 is 0 Å². The Morgan fingerprint density at radius 2 is 1.79 bits per heavy atom. The van der Waals surface area contributed by atoms with Crippen molar-refractivity contribution < 1.29 is 9.13 Å². The third-order valence-corrected chi connectivity index (χ3v) is 6.62. The van der Waals surface area contributed by atoms with Gasteiger partial charge in [-0.2, -0.15) is 0 Å². The van der Waals surface area contributed by atoms with Crippen LogP contribution in [0.3, 0.4) is 0 Å². The Balaban J connectivity index is 0.00000150. The quantitative estimate of drug-likeness (QED) is 0.662. The highest BCUT2D eigenvalue weighted by molar-refractivity contribution is 5.85. The SMILES string of the molecule is COc1ccc(CN2C[C@@H]3CN(C)[C@@H](c4cccc(F)c4)[C@@H]3C2)c(C)c1C.Cl.Cl. The minimum Gasteiger partial charge on any atom is -0.496 e. The van der Waals surface area contributed by atoms with Gasteiger partial charge in [0.15, 0.2) is 0 Å². The van der Waals surface area contributed by atoms with Gasteiger partial charge in [-0.25, -0.2) is 4.39 Å². The second-order valence-electron chi connectivity index (χ2n) is 8.23. The van der Waals surface area contributed by atoms with E-state index in [-0.39, 0.29) is 30.6 Å². The Morgan fingerprint density at radius 1 is 1.03 bits per heavy atom. The van der Waals surface area contributed by atoms with Crippen LogP contribution in [-0.4, -0.2) is 43.6 Å². The van der Waals surface area contributed by atoms with Crippen LogP contribution in [0.2, 0.25) is 0 Å². The first kappa shape index (κ1) is 23.9. The molecule has 0 N–H and O–H groups in total. The Hall–Kier alpha value is -1.33. The van der Waals surface area contributed by atoms with Gasteiger partial charge in [-0.3, -0.25) is 9.80 Å². The average molecular weight is 441 g/mol. The molecule has 2 aromatic carbocycles. The molecule has 0 spiro atoms. The molecule has 4 rings (SSSR count). The molecule has 0 radical (unpaired) electrons. The summed E-state index contributed by atoms with van der Waals surface area (Å²) >= 11 is 0. The van der Waals surface area contributed by atoms with Crippen molar-refractivity contribution in [2.24, 2.45) is 11.8 Å². The number of fused-ring (bicyclic) bond motifs is 1. The normalized spacial score (nSPS) is 24.0. The molecule has 2 aromatic rings. The molecule has 0 amide bonds. The molecule has 0 unspecified atom stereocenters. The monoisotopic (exact) mass is 440 g/mol. The number of nitrogens with zero attached hydrogens (tertiary/aromatic N) is 2. The van der Waals surface area contributed by atoms with Gasteiger partial charge in [0.2, 0.25) is 0 Å². The summed E-state index contributed by atoms with van der Waals surface area (Å²) in [6.45, 7) is 8.57. The van der Waals surface area contributed by atoms with Crippen molar-refractivity contribution in [1.82, 2.24) is 9.80 Å². The zero-order chi connectivity index (χ0) is 19.1. The van der Waals surface area contributed by atoms with Gasteiger partial charge in [0.25, 0.3) is 0 Å². The number of rotatable bonds is 4. The molecule has 2 heterocycles. The molecule has 6 heteroatoms. The third-order valence-electron chi connectivity index (χ3n) is 6.62. The van der Waals surface area contributed by atoms with Gasteiger partial charge in [0.05, 0.1) is 7.11 Å². The van der Waals surface area contributed by atoms with Gasteiger partial charge in [-0.05, 0) is 73.2 Å². The molecule has 2 fully saturated rings. The largest absolute Gasteiger partial charge is 0.496 e. The summed E-state index contributed by atoms with van der Waals surface area (Å²) in [6.07, 6.45) is 0. The summed E-state index contributed by atoms with van der Waals surface area (Å²) < 4.78 is 19.2. The van der Waals surface area contributed by atoms with Crippen molar-refractivity contribution in [2.45, 2.75) is 26.4 Å². The molecule has 2 saturated heterocycles. The molecule has 0 aromatic heterocycles. The predicted molar refractivity (Wildman–Crippen MR) is 121 cm³/mol. The lowest BCUT2D eigenvalue weighted by atomic mass is 9.89.